The maximum absolute atomic E-state index is 12.0. The lowest BCUT2D eigenvalue weighted by Gasteiger charge is -2.30. The highest BCUT2D eigenvalue weighted by atomic mass is 32.2. The third-order valence-corrected chi connectivity index (χ3v) is 5.97. The molecule has 0 radical (unpaired) electrons. The van der Waals surface area contributed by atoms with Crippen molar-refractivity contribution in [1.82, 2.24) is 5.32 Å². The van der Waals surface area contributed by atoms with Crippen LogP contribution in [0.1, 0.15) is 32.6 Å². The van der Waals surface area contributed by atoms with Crippen molar-refractivity contribution >= 4 is 15.7 Å². The number of hydrogen-bond acceptors (Lipinski definition) is 4. The van der Waals surface area contributed by atoms with E-state index < -0.39 is 9.84 Å². The number of hydrogen-bond donors (Lipinski definition) is 2. The van der Waals surface area contributed by atoms with Gasteiger partial charge in [-0.05, 0) is 38.0 Å². The van der Waals surface area contributed by atoms with Gasteiger partial charge in [0.15, 0.2) is 9.84 Å². The molecule has 1 heterocycles. The second-order valence-electron chi connectivity index (χ2n) is 5.92. The first-order valence-corrected chi connectivity index (χ1v) is 8.38. The second-order valence-corrected chi connectivity index (χ2v) is 8.15. The molecule has 1 aliphatic carbocycles. The van der Waals surface area contributed by atoms with E-state index in [0.717, 1.165) is 12.8 Å². The summed E-state index contributed by atoms with van der Waals surface area (Å²) < 4.78 is 22.7. The van der Waals surface area contributed by atoms with E-state index in [-0.39, 0.29) is 28.9 Å². The zero-order valence-corrected chi connectivity index (χ0v) is 11.6. The molecule has 18 heavy (non-hydrogen) atoms. The Labute approximate surface area is 108 Å². The van der Waals surface area contributed by atoms with Crippen molar-refractivity contribution in [3.8, 4) is 0 Å². The van der Waals surface area contributed by atoms with Crippen LogP contribution in [0.4, 0.5) is 0 Å². The van der Waals surface area contributed by atoms with Crippen molar-refractivity contribution in [2.24, 2.45) is 17.6 Å². The Balaban J connectivity index is 1.85. The van der Waals surface area contributed by atoms with Crippen LogP contribution < -0.4 is 11.1 Å². The summed E-state index contributed by atoms with van der Waals surface area (Å²) in [5.74, 6) is 0.789. The number of nitrogens with one attached hydrogen (secondary N) is 1. The van der Waals surface area contributed by atoms with E-state index in [4.69, 9.17) is 5.73 Å². The van der Waals surface area contributed by atoms with E-state index in [1.54, 1.807) is 0 Å². The molecule has 0 bridgehead atoms. The summed E-state index contributed by atoms with van der Waals surface area (Å²) in [7, 11) is -2.90. The zero-order chi connectivity index (χ0) is 13.4. The highest BCUT2D eigenvalue weighted by Crippen LogP contribution is 2.39. The predicted octanol–water partition coefficient (Wildman–Crippen LogP) is 0.0548. The normalized spacial score (nSPS) is 29.8. The van der Waals surface area contributed by atoms with E-state index in [9.17, 15) is 13.2 Å². The van der Waals surface area contributed by atoms with E-state index in [0.29, 0.717) is 25.3 Å². The van der Waals surface area contributed by atoms with Crippen LogP contribution >= 0.6 is 0 Å². The van der Waals surface area contributed by atoms with Crippen LogP contribution in [0.25, 0.3) is 0 Å². The molecular weight excluding hydrogens is 252 g/mol. The predicted molar refractivity (Wildman–Crippen MR) is 69.7 cm³/mol. The first kappa shape index (κ1) is 13.8. The van der Waals surface area contributed by atoms with Gasteiger partial charge in [-0.3, -0.25) is 4.79 Å². The summed E-state index contributed by atoms with van der Waals surface area (Å²) in [6.45, 7) is 2.42. The van der Waals surface area contributed by atoms with Crippen molar-refractivity contribution < 1.29 is 13.2 Å². The maximum Gasteiger partial charge on any atom is 0.220 e. The minimum Gasteiger partial charge on any atom is -0.349 e. The molecular formula is C12H22N2O3S. The lowest BCUT2D eigenvalue weighted by atomic mass is 9.95. The Morgan fingerprint density at radius 3 is 2.50 bits per heavy atom. The van der Waals surface area contributed by atoms with Crippen LogP contribution in [-0.2, 0) is 14.6 Å². The molecule has 2 rings (SSSR count). The van der Waals surface area contributed by atoms with Gasteiger partial charge in [0, 0.05) is 13.0 Å². The summed E-state index contributed by atoms with van der Waals surface area (Å²) >= 11 is 0. The molecule has 0 aromatic rings. The quantitative estimate of drug-likeness (QED) is 0.741. The SMILES string of the molecule is CC(CN)(NC(=O)CC1CCS(=O)(=O)C1)C1CC1. The molecule has 1 aliphatic heterocycles. The Morgan fingerprint density at radius 2 is 2.06 bits per heavy atom. The highest BCUT2D eigenvalue weighted by molar-refractivity contribution is 7.91. The number of sulfone groups is 1. The van der Waals surface area contributed by atoms with Gasteiger partial charge < -0.3 is 11.1 Å². The van der Waals surface area contributed by atoms with Crippen LogP contribution in [0.5, 0.6) is 0 Å². The lowest BCUT2D eigenvalue weighted by molar-refractivity contribution is -0.123. The van der Waals surface area contributed by atoms with Gasteiger partial charge in [0.25, 0.3) is 0 Å². The van der Waals surface area contributed by atoms with Crippen molar-refractivity contribution in [1.29, 1.82) is 0 Å². The average molecular weight is 274 g/mol. The topological polar surface area (TPSA) is 89.3 Å². The van der Waals surface area contributed by atoms with Crippen LogP contribution in [0.2, 0.25) is 0 Å². The second kappa shape index (κ2) is 4.81. The number of nitrogens with two attached hydrogens (primary N) is 1. The van der Waals surface area contributed by atoms with Gasteiger partial charge >= 0.3 is 0 Å². The van der Waals surface area contributed by atoms with Gasteiger partial charge in [0.2, 0.25) is 5.91 Å². The number of carbonyl (C=O) groups excluding carboxylic acids is 1. The number of amides is 1. The molecule has 3 N–H and O–H groups in total. The van der Waals surface area contributed by atoms with Gasteiger partial charge in [-0.2, -0.15) is 0 Å². The largest absolute Gasteiger partial charge is 0.349 e. The monoisotopic (exact) mass is 274 g/mol. The Hall–Kier alpha value is -0.620. The Bertz CT molecular complexity index is 431. The third kappa shape index (κ3) is 3.23. The van der Waals surface area contributed by atoms with Crippen molar-refractivity contribution in [2.45, 2.75) is 38.1 Å². The molecule has 2 fully saturated rings. The highest BCUT2D eigenvalue weighted by Gasteiger charge is 2.42. The van der Waals surface area contributed by atoms with E-state index in [1.165, 1.54) is 0 Å². The van der Waals surface area contributed by atoms with Crippen molar-refractivity contribution in [2.75, 3.05) is 18.1 Å². The number of carbonyl (C=O) groups is 1. The third-order valence-electron chi connectivity index (χ3n) is 4.13. The molecule has 6 heteroatoms. The van der Waals surface area contributed by atoms with Gasteiger partial charge in [-0.1, -0.05) is 0 Å². The molecule has 0 aromatic heterocycles. The van der Waals surface area contributed by atoms with Crippen LogP contribution in [0.15, 0.2) is 0 Å². The van der Waals surface area contributed by atoms with E-state index in [2.05, 4.69) is 5.32 Å². The number of rotatable bonds is 5. The zero-order valence-electron chi connectivity index (χ0n) is 10.8. The molecule has 5 nitrogen and oxygen atoms in total. The van der Waals surface area contributed by atoms with Crippen LogP contribution in [0.3, 0.4) is 0 Å². The molecule has 0 spiro atoms. The molecule has 2 unspecified atom stereocenters. The molecule has 2 atom stereocenters. The van der Waals surface area contributed by atoms with Crippen molar-refractivity contribution in [3.05, 3.63) is 0 Å². The Kier molecular flexibility index (Phi) is 3.69. The fraction of sp³-hybridized carbons (Fsp3) is 0.917. The lowest BCUT2D eigenvalue weighted by Crippen LogP contribution is -2.53. The molecule has 2 aliphatic rings. The minimum atomic E-state index is -2.90. The molecule has 1 saturated carbocycles. The van der Waals surface area contributed by atoms with Crippen LogP contribution in [0, 0.1) is 11.8 Å². The summed E-state index contributed by atoms with van der Waals surface area (Å²) in [4.78, 5) is 12.0. The fourth-order valence-electron chi connectivity index (χ4n) is 2.70. The van der Waals surface area contributed by atoms with E-state index >= 15 is 0 Å². The molecule has 1 saturated heterocycles. The first-order valence-electron chi connectivity index (χ1n) is 6.56. The van der Waals surface area contributed by atoms with Gasteiger partial charge in [0.1, 0.15) is 0 Å². The smallest absolute Gasteiger partial charge is 0.220 e. The standard InChI is InChI=1S/C12H22N2O3S/c1-12(8-13,10-2-3-10)14-11(15)6-9-4-5-18(16,17)7-9/h9-10H,2-8,13H2,1H3,(H,14,15). The van der Waals surface area contributed by atoms with Crippen LogP contribution in [-0.4, -0.2) is 37.9 Å². The minimum absolute atomic E-state index is 0.0174. The van der Waals surface area contributed by atoms with Crippen molar-refractivity contribution in [3.63, 3.8) is 0 Å². The van der Waals surface area contributed by atoms with Gasteiger partial charge in [-0.15, -0.1) is 0 Å². The molecule has 0 aromatic carbocycles. The first-order chi connectivity index (χ1) is 8.35. The summed E-state index contributed by atoms with van der Waals surface area (Å²) in [6, 6.07) is 0. The Morgan fingerprint density at radius 1 is 1.39 bits per heavy atom. The maximum atomic E-state index is 12.0. The van der Waals surface area contributed by atoms with Gasteiger partial charge in [-0.25, -0.2) is 8.42 Å². The molecule has 1 amide bonds. The van der Waals surface area contributed by atoms with E-state index in [1.807, 2.05) is 6.92 Å². The summed E-state index contributed by atoms with van der Waals surface area (Å²) in [6.07, 6.45) is 3.15. The summed E-state index contributed by atoms with van der Waals surface area (Å²) in [5.41, 5.74) is 5.43. The summed E-state index contributed by atoms with van der Waals surface area (Å²) in [5, 5.41) is 3.00. The fourth-order valence-corrected chi connectivity index (χ4v) is 4.57. The van der Waals surface area contributed by atoms with Gasteiger partial charge in [0.05, 0.1) is 17.0 Å². The molecule has 104 valence electrons. The average Bonchev–Trinajstić information content (AvgIpc) is 3.05.